The summed E-state index contributed by atoms with van der Waals surface area (Å²) in [6.45, 7) is 17.1. The van der Waals surface area contributed by atoms with Crippen molar-refractivity contribution >= 4 is 20.7 Å². The van der Waals surface area contributed by atoms with Crippen molar-refractivity contribution in [2.75, 3.05) is 6.54 Å². The van der Waals surface area contributed by atoms with Gasteiger partial charge in [0.15, 0.2) is 8.32 Å². The Morgan fingerprint density at radius 2 is 1.75 bits per heavy atom. The highest BCUT2D eigenvalue weighted by atomic mass is 28.4. The molecule has 2 unspecified atom stereocenters. The Bertz CT molecular complexity index is 451. The quantitative estimate of drug-likeness (QED) is 0.554. The minimum atomic E-state index is -1.89. The zero-order valence-electron chi connectivity index (χ0n) is 16.6. The van der Waals surface area contributed by atoms with Crippen LogP contribution in [0, 0.1) is 0 Å². The van der Waals surface area contributed by atoms with E-state index in [2.05, 4.69) is 33.9 Å². The maximum absolute atomic E-state index is 12.6. The van der Waals surface area contributed by atoms with E-state index in [0.717, 1.165) is 19.1 Å². The van der Waals surface area contributed by atoms with Gasteiger partial charge in [0, 0.05) is 19.0 Å². The molecule has 0 bridgehead atoms. The first-order chi connectivity index (χ1) is 10.8. The molecule has 0 aliphatic carbocycles. The third-order valence-corrected chi connectivity index (χ3v) is 9.46. The van der Waals surface area contributed by atoms with Crippen molar-refractivity contribution in [1.29, 1.82) is 0 Å². The van der Waals surface area contributed by atoms with Crippen LogP contribution in [-0.4, -0.2) is 49.9 Å². The number of hydrogen-bond acceptors (Lipinski definition) is 4. The second-order valence-electron chi connectivity index (χ2n) is 9.27. The molecule has 1 fully saturated rings. The normalized spacial score (nSPS) is 23.1. The minimum Gasteiger partial charge on any atom is -0.444 e. The third-order valence-electron chi connectivity index (χ3n) is 4.93. The highest BCUT2D eigenvalue weighted by molar-refractivity contribution is 6.74. The van der Waals surface area contributed by atoms with Crippen LogP contribution in [-0.2, 0) is 14.0 Å². The molecule has 0 aromatic heterocycles. The summed E-state index contributed by atoms with van der Waals surface area (Å²) >= 11 is 0. The molecule has 1 heterocycles. The van der Waals surface area contributed by atoms with Crippen LogP contribution >= 0.6 is 0 Å². The molecule has 24 heavy (non-hydrogen) atoms. The van der Waals surface area contributed by atoms with Crippen LogP contribution in [0.2, 0.25) is 18.1 Å². The molecule has 140 valence electrons. The summed E-state index contributed by atoms with van der Waals surface area (Å²) in [7, 11) is -1.89. The van der Waals surface area contributed by atoms with Gasteiger partial charge in [-0.1, -0.05) is 20.8 Å². The molecular formula is C18H35NO4Si. The molecule has 1 saturated heterocycles. The van der Waals surface area contributed by atoms with Crippen LogP contribution in [0.4, 0.5) is 4.79 Å². The Morgan fingerprint density at radius 1 is 1.17 bits per heavy atom. The second kappa shape index (κ2) is 7.56. The molecule has 1 aliphatic rings. The Labute approximate surface area is 148 Å². The lowest BCUT2D eigenvalue weighted by atomic mass is 9.98. The lowest BCUT2D eigenvalue weighted by Crippen LogP contribution is -2.54. The molecule has 0 radical (unpaired) electrons. The van der Waals surface area contributed by atoms with Gasteiger partial charge in [-0.25, -0.2) is 4.79 Å². The van der Waals surface area contributed by atoms with E-state index in [9.17, 15) is 9.59 Å². The number of carbonyl (C=O) groups is 2. The Kier molecular flexibility index (Phi) is 6.67. The summed E-state index contributed by atoms with van der Waals surface area (Å²) in [5, 5.41) is 0.128. The number of amides is 1. The fourth-order valence-corrected chi connectivity index (χ4v) is 3.96. The molecule has 1 aliphatic heterocycles. The summed E-state index contributed by atoms with van der Waals surface area (Å²) in [4.78, 5) is 25.2. The van der Waals surface area contributed by atoms with E-state index < -0.39 is 13.9 Å². The summed E-state index contributed by atoms with van der Waals surface area (Å²) in [5.41, 5.74) is -0.546. The van der Waals surface area contributed by atoms with Gasteiger partial charge in [0.2, 0.25) is 0 Å². The van der Waals surface area contributed by atoms with Crippen LogP contribution in [0.5, 0.6) is 0 Å². The molecule has 1 rings (SSSR count). The predicted octanol–water partition coefficient (Wildman–Crippen LogP) is 4.37. The van der Waals surface area contributed by atoms with Crippen molar-refractivity contribution in [3.05, 3.63) is 0 Å². The van der Waals surface area contributed by atoms with E-state index in [4.69, 9.17) is 9.16 Å². The van der Waals surface area contributed by atoms with Crippen molar-refractivity contribution in [2.24, 2.45) is 0 Å². The molecule has 2 atom stereocenters. The smallest absolute Gasteiger partial charge is 0.410 e. The van der Waals surface area contributed by atoms with E-state index in [1.807, 2.05) is 20.8 Å². The Morgan fingerprint density at radius 3 is 2.21 bits per heavy atom. The zero-order chi connectivity index (χ0) is 18.8. The molecule has 0 saturated carbocycles. The summed E-state index contributed by atoms with van der Waals surface area (Å²) in [5.74, 6) is 0. The number of carbonyl (C=O) groups excluding carboxylic acids is 2. The van der Waals surface area contributed by atoms with Gasteiger partial charge in [0.05, 0.1) is 6.10 Å². The Balaban J connectivity index is 2.85. The molecule has 0 spiro atoms. The van der Waals surface area contributed by atoms with Crippen LogP contribution in [0.25, 0.3) is 0 Å². The lowest BCUT2D eigenvalue weighted by molar-refractivity contribution is -0.109. The van der Waals surface area contributed by atoms with Crippen molar-refractivity contribution in [1.82, 2.24) is 4.90 Å². The molecular weight excluding hydrogens is 322 g/mol. The average molecular weight is 358 g/mol. The predicted molar refractivity (Wildman–Crippen MR) is 98.7 cm³/mol. The van der Waals surface area contributed by atoms with E-state index in [0.29, 0.717) is 13.0 Å². The monoisotopic (exact) mass is 357 g/mol. The van der Waals surface area contributed by atoms with Crippen molar-refractivity contribution < 1.29 is 18.8 Å². The number of piperidine rings is 1. The van der Waals surface area contributed by atoms with Crippen LogP contribution in [0.15, 0.2) is 0 Å². The first-order valence-corrected chi connectivity index (χ1v) is 11.8. The zero-order valence-corrected chi connectivity index (χ0v) is 17.6. The van der Waals surface area contributed by atoms with Gasteiger partial charge in [0.25, 0.3) is 0 Å². The van der Waals surface area contributed by atoms with Crippen LogP contribution < -0.4 is 0 Å². The first-order valence-electron chi connectivity index (χ1n) is 8.88. The van der Waals surface area contributed by atoms with Crippen molar-refractivity contribution in [2.45, 2.75) is 96.7 Å². The summed E-state index contributed by atoms with van der Waals surface area (Å²) < 4.78 is 12.0. The number of aldehydes is 1. The molecule has 0 aromatic carbocycles. The van der Waals surface area contributed by atoms with Crippen molar-refractivity contribution in [3.63, 3.8) is 0 Å². The molecule has 5 nitrogen and oxygen atoms in total. The minimum absolute atomic E-state index is 0.0151. The topological polar surface area (TPSA) is 55.8 Å². The number of ether oxygens (including phenoxy) is 1. The number of likely N-dealkylation sites (tertiary alicyclic amines) is 1. The maximum Gasteiger partial charge on any atom is 0.410 e. The van der Waals surface area contributed by atoms with Gasteiger partial charge in [0.1, 0.15) is 11.9 Å². The van der Waals surface area contributed by atoms with E-state index in [1.165, 1.54) is 0 Å². The number of hydrogen-bond donors (Lipinski definition) is 0. The fourth-order valence-electron chi connectivity index (χ4n) is 2.58. The van der Waals surface area contributed by atoms with Crippen molar-refractivity contribution in [3.8, 4) is 0 Å². The maximum atomic E-state index is 12.6. The first kappa shape index (κ1) is 21.2. The summed E-state index contributed by atoms with van der Waals surface area (Å²) in [6.07, 6.45) is 2.56. The second-order valence-corrected chi connectivity index (χ2v) is 14.0. The van der Waals surface area contributed by atoms with Crippen LogP contribution in [0.3, 0.4) is 0 Å². The number of nitrogens with zero attached hydrogens (tertiary/aromatic N) is 1. The van der Waals surface area contributed by atoms with Gasteiger partial charge >= 0.3 is 6.09 Å². The highest BCUT2D eigenvalue weighted by Gasteiger charge is 2.42. The highest BCUT2D eigenvalue weighted by Crippen LogP contribution is 2.38. The van der Waals surface area contributed by atoms with E-state index >= 15 is 0 Å². The average Bonchev–Trinajstić information content (AvgIpc) is 2.37. The van der Waals surface area contributed by atoms with Gasteiger partial charge in [-0.15, -0.1) is 0 Å². The van der Waals surface area contributed by atoms with Gasteiger partial charge in [-0.3, -0.25) is 0 Å². The van der Waals surface area contributed by atoms with Gasteiger partial charge < -0.3 is 18.9 Å². The molecule has 1 amide bonds. The summed E-state index contributed by atoms with van der Waals surface area (Å²) in [6, 6.07) is -0.0865. The molecule has 0 N–H and O–H groups in total. The van der Waals surface area contributed by atoms with E-state index in [-0.39, 0.29) is 23.3 Å². The van der Waals surface area contributed by atoms with Gasteiger partial charge in [-0.2, -0.15) is 0 Å². The molecule has 6 heteroatoms. The molecule has 0 aromatic rings. The number of rotatable bonds is 4. The van der Waals surface area contributed by atoms with Crippen LogP contribution in [0.1, 0.15) is 60.8 Å². The SMILES string of the molecule is CC(C)(C)OC(=O)N1CC(O[Si](C)(C)C(C)(C)C)CCC1CC=O. The van der Waals surface area contributed by atoms with E-state index in [1.54, 1.807) is 4.90 Å². The lowest BCUT2D eigenvalue weighted by Gasteiger charge is -2.44. The standard InChI is InChI=1S/C18H35NO4Si/c1-17(2,3)22-16(21)19-13-15(10-9-14(19)11-12-20)23-24(7,8)18(4,5)6/h12,14-15H,9-11,13H2,1-8H3. The largest absolute Gasteiger partial charge is 0.444 e. The fraction of sp³-hybridized carbons (Fsp3) is 0.889. The Hall–Kier alpha value is -0.883. The third kappa shape index (κ3) is 5.88. The van der Waals surface area contributed by atoms with Gasteiger partial charge in [-0.05, 0) is 51.7 Å².